The second-order valence-corrected chi connectivity index (χ2v) is 8.94. The van der Waals surface area contributed by atoms with Gasteiger partial charge in [-0.3, -0.25) is 0 Å². The molecule has 0 aromatic heterocycles. The molecule has 4 rings (SSSR count). The minimum Gasteiger partial charge on any atom is -0.381 e. The highest BCUT2D eigenvalue weighted by molar-refractivity contribution is 5.25. The summed E-state index contributed by atoms with van der Waals surface area (Å²) >= 11 is 0. The average Bonchev–Trinajstić information content (AvgIpc) is 2.88. The second kappa shape index (κ2) is 4.85. The number of fused-ring (bicyclic) bond motifs is 5. The van der Waals surface area contributed by atoms with Crippen molar-refractivity contribution in [3.63, 3.8) is 0 Å². The normalized spacial score (nSPS) is 52.6. The van der Waals surface area contributed by atoms with Crippen LogP contribution in [0.4, 0.5) is 0 Å². The zero-order valence-electron chi connectivity index (χ0n) is 14.2. The predicted octanol–water partition coefficient (Wildman–Crippen LogP) is 5.35. The predicted molar refractivity (Wildman–Crippen MR) is 87.1 cm³/mol. The van der Waals surface area contributed by atoms with Gasteiger partial charge in [-0.15, -0.1) is 0 Å². The Kier molecular flexibility index (Phi) is 3.30. The van der Waals surface area contributed by atoms with Gasteiger partial charge < -0.3 is 4.74 Å². The molecule has 0 aromatic rings. The van der Waals surface area contributed by atoms with Crippen molar-refractivity contribution in [1.29, 1.82) is 0 Å². The number of hydrogen-bond donors (Lipinski definition) is 0. The highest BCUT2D eigenvalue weighted by Gasteiger charge is 2.55. The van der Waals surface area contributed by atoms with Gasteiger partial charge in [0.15, 0.2) is 0 Å². The van der Waals surface area contributed by atoms with Crippen LogP contribution in [0, 0.1) is 28.6 Å². The molecular weight excluding hydrogens is 256 g/mol. The van der Waals surface area contributed by atoms with E-state index in [2.05, 4.69) is 19.9 Å². The Hall–Kier alpha value is -0.300. The monoisotopic (exact) mass is 288 g/mol. The Labute approximate surface area is 130 Å². The van der Waals surface area contributed by atoms with Crippen molar-refractivity contribution in [1.82, 2.24) is 0 Å². The fourth-order valence-electron chi connectivity index (χ4n) is 6.82. The van der Waals surface area contributed by atoms with E-state index in [-0.39, 0.29) is 0 Å². The molecule has 0 saturated heterocycles. The number of rotatable bonds is 1. The maximum Gasteiger partial charge on any atom is 0.0608 e. The number of methoxy groups -OCH3 is 1. The maximum absolute atomic E-state index is 5.67. The minimum atomic E-state index is 0.487. The largest absolute Gasteiger partial charge is 0.381 e. The highest BCUT2D eigenvalue weighted by atomic mass is 16.5. The van der Waals surface area contributed by atoms with Gasteiger partial charge in [0, 0.05) is 7.11 Å². The van der Waals surface area contributed by atoms with Crippen molar-refractivity contribution >= 4 is 0 Å². The lowest BCUT2D eigenvalue weighted by Crippen LogP contribution is -2.49. The van der Waals surface area contributed by atoms with Crippen molar-refractivity contribution < 1.29 is 4.74 Å². The fourth-order valence-corrected chi connectivity index (χ4v) is 6.82. The van der Waals surface area contributed by atoms with Crippen LogP contribution in [0.3, 0.4) is 0 Å². The van der Waals surface area contributed by atoms with Crippen LogP contribution in [-0.2, 0) is 4.74 Å². The Balaban J connectivity index is 1.64. The Morgan fingerprint density at radius 1 is 1.05 bits per heavy atom. The first kappa shape index (κ1) is 14.3. The summed E-state index contributed by atoms with van der Waals surface area (Å²) in [4.78, 5) is 0. The number of allylic oxidation sites excluding steroid dienone is 1. The van der Waals surface area contributed by atoms with Crippen molar-refractivity contribution in [2.24, 2.45) is 28.6 Å². The standard InChI is InChI=1S/C20H32O/c1-19-10-4-5-17(19)16-7-6-14-13-15(21-3)8-12-20(14,2)18(16)9-11-19/h6,15-18H,4-5,7-13H2,1-3H3/t15-,16+,17+,18+,19+,20-/m0/s1. The molecule has 0 aromatic carbocycles. The summed E-state index contributed by atoms with van der Waals surface area (Å²) in [6.07, 6.45) is 15.8. The fraction of sp³-hybridized carbons (Fsp3) is 0.900. The summed E-state index contributed by atoms with van der Waals surface area (Å²) in [7, 11) is 1.89. The lowest BCUT2D eigenvalue weighted by atomic mass is 9.48. The van der Waals surface area contributed by atoms with E-state index in [4.69, 9.17) is 4.74 Å². The molecule has 0 unspecified atom stereocenters. The summed E-state index contributed by atoms with van der Waals surface area (Å²) in [5, 5.41) is 0. The molecule has 0 spiro atoms. The molecular formula is C20H32O. The van der Waals surface area contributed by atoms with E-state index >= 15 is 0 Å². The first-order valence-corrected chi connectivity index (χ1v) is 9.29. The zero-order valence-corrected chi connectivity index (χ0v) is 14.2. The van der Waals surface area contributed by atoms with Crippen LogP contribution in [0.1, 0.15) is 71.6 Å². The Bertz CT molecular complexity index is 453. The van der Waals surface area contributed by atoms with Gasteiger partial charge in [-0.1, -0.05) is 31.9 Å². The van der Waals surface area contributed by atoms with E-state index in [9.17, 15) is 0 Å². The third kappa shape index (κ3) is 1.99. The molecule has 1 nitrogen and oxygen atoms in total. The van der Waals surface area contributed by atoms with E-state index in [0.717, 1.165) is 17.8 Å². The van der Waals surface area contributed by atoms with Crippen LogP contribution in [0.25, 0.3) is 0 Å². The molecule has 21 heavy (non-hydrogen) atoms. The van der Waals surface area contributed by atoms with Crippen molar-refractivity contribution in [2.45, 2.75) is 77.7 Å². The molecule has 6 atom stereocenters. The highest BCUT2D eigenvalue weighted by Crippen LogP contribution is 2.64. The molecule has 3 fully saturated rings. The summed E-state index contributed by atoms with van der Waals surface area (Å²) < 4.78 is 5.67. The molecule has 0 bridgehead atoms. The molecule has 4 aliphatic rings. The van der Waals surface area contributed by atoms with E-state index in [1.54, 1.807) is 5.57 Å². The van der Waals surface area contributed by atoms with Crippen LogP contribution in [0.2, 0.25) is 0 Å². The van der Waals surface area contributed by atoms with Crippen molar-refractivity contribution in [3.8, 4) is 0 Å². The minimum absolute atomic E-state index is 0.487. The first-order valence-electron chi connectivity index (χ1n) is 9.29. The Morgan fingerprint density at radius 2 is 1.90 bits per heavy atom. The molecule has 0 aliphatic heterocycles. The molecule has 1 heteroatoms. The Morgan fingerprint density at radius 3 is 2.71 bits per heavy atom. The molecule has 0 heterocycles. The van der Waals surface area contributed by atoms with Crippen molar-refractivity contribution in [2.75, 3.05) is 7.11 Å². The van der Waals surface area contributed by atoms with Crippen LogP contribution >= 0.6 is 0 Å². The first-order chi connectivity index (χ1) is 10.1. The summed E-state index contributed by atoms with van der Waals surface area (Å²) in [6.45, 7) is 5.20. The van der Waals surface area contributed by atoms with Crippen LogP contribution in [0.15, 0.2) is 11.6 Å². The lowest BCUT2D eigenvalue weighted by molar-refractivity contribution is -0.0409. The van der Waals surface area contributed by atoms with E-state index in [1.165, 1.54) is 57.8 Å². The summed E-state index contributed by atoms with van der Waals surface area (Å²) in [5.41, 5.74) is 2.94. The molecule has 118 valence electrons. The SMILES string of the molecule is CO[C@H]1CC[C@@]2(C)C(=CC[C@@H]3[C@H]4CCC[C@]4(C)CC[C@H]32)C1. The third-order valence-corrected chi connectivity index (χ3v) is 8.17. The third-order valence-electron chi connectivity index (χ3n) is 8.17. The topological polar surface area (TPSA) is 9.23 Å². The van der Waals surface area contributed by atoms with Crippen LogP contribution < -0.4 is 0 Å². The van der Waals surface area contributed by atoms with Gasteiger partial charge in [-0.05, 0) is 80.0 Å². The van der Waals surface area contributed by atoms with Gasteiger partial charge in [0.2, 0.25) is 0 Å². The van der Waals surface area contributed by atoms with E-state index < -0.39 is 0 Å². The zero-order chi connectivity index (χ0) is 14.7. The van der Waals surface area contributed by atoms with Gasteiger partial charge in [-0.2, -0.15) is 0 Å². The molecule has 4 aliphatic carbocycles. The van der Waals surface area contributed by atoms with Crippen LogP contribution in [0.5, 0.6) is 0 Å². The van der Waals surface area contributed by atoms with E-state index in [1.807, 2.05) is 7.11 Å². The molecule has 0 amide bonds. The lowest BCUT2D eigenvalue weighted by Gasteiger charge is -2.57. The quantitative estimate of drug-likeness (QED) is 0.591. The molecule has 0 radical (unpaired) electrons. The molecule has 3 saturated carbocycles. The van der Waals surface area contributed by atoms with Gasteiger partial charge in [0.1, 0.15) is 0 Å². The molecule has 0 N–H and O–H groups in total. The summed E-state index contributed by atoms with van der Waals surface area (Å²) in [6, 6.07) is 0. The van der Waals surface area contributed by atoms with Gasteiger partial charge in [-0.25, -0.2) is 0 Å². The van der Waals surface area contributed by atoms with Gasteiger partial charge in [0.05, 0.1) is 6.10 Å². The smallest absolute Gasteiger partial charge is 0.0608 e. The summed E-state index contributed by atoms with van der Waals surface area (Å²) in [5.74, 6) is 2.97. The average molecular weight is 288 g/mol. The number of ether oxygens (including phenoxy) is 1. The van der Waals surface area contributed by atoms with E-state index in [0.29, 0.717) is 16.9 Å². The van der Waals surface area contributed by atoms with Gasteiger partial charge >= 0.3 is 0 Å². The number of hydrogen-bond acceptors (Lipinski definition) is 1. The maximum atomic E-state index is 5.67. The van der Waals surface area contributed by atoms with Crippen molar-refractivity contribution in [3.05, 3.63) is 11.6 Å². The second-order valence-electron chi connectivity index (χ2n) is 8.94. The van der Waals surface area contributed by atoms with Crippen LogP contribution in [-0.4, -0.2) is 13.2 Å². The van der Waals surface area contributed by atoms with Gasteiger partial charge in [0.25, 0.3) is 0 Å².